The summed E-state index contributed by atoms with van der Waals surface area (Å²) in [7, 11) is 0. The summed E-state index contributed by atoms with van der Waals surface area (Å²) >= 11 is 0. The van der Waals surface area contributed by atoms with E-state index in [9.17, 15) is 9.90 Å². The molecule has 7 nitrogen and oxygen atoms in total. The van der Waals surface area contributed by atoms with Gasteiger partial charge in [0.2, 0.25) is 0 Å². The maximum atomic E-state index is 11.3. The lowest BCUT2D eigenvalue weighted by atomic mass is 10.3. The standard InChI is InChI=1S/C17H13N5O2/c1-11-3-2-4-13(20-11)16-18-7-8-21(16)12-5-6-15-19-9-14(17(23)24)22(15)10-12/h2-10H,1H3,(H,23,24). The van der Waals surface area contributed by atoms with Crippen LogP contribution in [0, 0.1) is 6.92 Å². The molecular weight excluding hydrogens is 306 g/mol. The van der Waals surface area contributed by atoms with E-state index in [4.69, 9.17) is 0 Å². The topological polar surface area (TPSA) is 85.3 Å². The van der Waals surface area contributed by atoms with E-state index in [1.165, 1.54) is 6.20 Å². The first-order valence-corrected chi connectivity index (χ1v) is 7.31. The average molecular weight is 319 g/mol. The van der Waals surface area contributed by atoms with Gasteiger partial charge in [-0.2, -0.15) is 0 Å². The summed E-state index contributed by atoms with van der Waals surface area (Å²) in [6.07, 6.45) is 6.58. The molecule has 1 N–H and O–H groups in total. The van der Waals surface area contributed by atoms with Gasteiger partial charge < -0.3 is 5.11 Å². The van der Waals surface area contributed by atoms with Crippen LogP contribution in [0.25, 0.3) is 22.9 Å². The molecule has 24 heavy (non-hydrogen) atoms. The van der Waals surface area contributed by atoms with Gasteiger partial charge in [0.05, 0.1) is 11.9 Å². The number of rotatable bonds is 3. The second-order valence-electron chi connectivity index (χ2n) is 5.35. The van der Waals surface area contributed by atoms with Gasteiger partial charge in [-0.05, 0) is 31.2 Å². The molecule has 0 bridgehead atoms. The molecule has 0 aliphatic carbocycles. The van der Waals surface area contributed by atoms with E-state index < -0.39 is 5.97 Å². The van der Waals surface area contributed by atoms with Crippen LogP contribution in [0.3, 0.4) is 0 Å². The molecule has 4 aromatic heterocycles. The number of hydrogen-bond acceptors (Lipinski definition) is 4. The largest absolute Gasteiger partial charge is 0.477 e. The number of aromatic carboxylic acids is 1. The van der Waals surface area contributed by atoms with Crippen molar-refractivity contribution in [2.45, 2.75) is 6.92 Å². The predicted molar refractivity (Wildman–Crippen MR) is 87.2 cm³/mol. The Labute approximate surface area is 136 Å². The van der Waals surface area contributed by atoms with Gasteiger partial charge in [-0.1, -0.05) is 6.07 Å². The highest BCUT2D eigenvalue weighted by atomic mass is 16.4. The molecule has 4 aromatic rings. The number of hydrogen-bond donors (Lipinski definition) is 1. The van der Waals surface area contributed by atoms with E-state index >= 15 is 0 Å². The molecule has 118 valence electrons. The molecular formula is C17H13N5O2. The molecule has 0 atom stereocenters. The summed E-state index contributed by atoms with van der Waals surface area (Å²) in [5.74, 6) is -0.333. The van der Waals surface area contributed by atoms with Crippen molar-refractivity contribution >= 4 is 11.6 Å². The lowest BCUT2D eigenvalue weighted by molar-refractivity contribution is 0.0689. The van der Waals surface area contributed by atoms with Crippen LogP contribution >= 0.6 is 0 Å². The molecule has 0 fully saturated rings. The molecule has 0 aliphatic heterocycles. The Hall–Kier alpha value is -3.48. The van der Waals surface area contributed by atoms with Crippen LogP contribution < -0.4 is 0 Å². The molecule has 0 amide bonds. The second kappa shape index (κ2) is 5.31. The quantitative estimate of drug-likeness (QED) is 0.627. The molecule has 0 saturated carbocycles. The Kier molecular flexibility index (Phi) is 3.13. The van der Waals surface area contributed by atoms with Gasteiger partial charge in [-0.3, -0.25) is 8.97 Å². The molecule has 4 rings (SSSR count). The molecule has 0 aliphatic rings. The van der Waals surface area contributed by atoms with E-state index in [1.54, 1.807) is 22.9 Å². The van der Waals surface area contributed by atoms with Crippen molar-refractivity contribution in [2.75, 3.05) is 0 Å². The van der Waals surface area contributed by atoms with Gasteiger partial charge in [-0.15, -0.1) is 0 Å². The van der Waals surface area contributed by atoms with Crippen molar-refractivity contribution < 1.29 is 9.90 Å². The maximum absolute atomic E-state index is 11.3. The molecule has 0 saturated heterocycles. The van der Waals surface area contributed by atoms with Gasteiger partial charge in [0.25, 0.3) is 0 Å². The normalized spacial score (nSPS) is 11.0. The number of nitrogens with zero attached hydrogens (tertiary/aromatic N) is 5. The number of carboxylic acid groups (broad SMARTS) is 1. The number of carbonyl (C=O) groups is 1. The monoisotopic (exact) mass is 319 g/mol. The molecule has 0 unspecified atom stereocenters. The Morgan fingerprint density at radius 2 is 2.04 bits per heavy atom. The van der Waals surface area contributed by atoms with Crippen LogP contribution in [0.2, 0.25) is 0 Å². The highest BCUT2D eigenvalue weighted by Gasteiger charge is 2.13. The minimum Gasteiger partial charge on any atom is -0.477 e. The summed E-state index contributed by atoms with van der Waals surface area (Å²) in [6.45, 7) is 1.92. The van der Waals surface area contributed by atoms with E-state index in [1.807, 2.05) is 42.0 Å². The zero-order chi connectivity index (χ0) is 16.7. The Morgan fingerprint density at radius 3 is 2.83 bits per heavy atom. The Morgan fingerprint density at radius 1 is 1.17 bits per heavy atom. The van der Waals surface area contributed by atoms with Crippen LogP contribution in [0.1, 0.15) is 16.2 Å². The van der Waals surface area contributed by atoms with Crippen molar-refractivity contribution in [3.63, 3.8) is 0 Å². The summed E-state index contributed by atoms with van der Waals surface area (Å²) in [4.78, 5) is 24.3. The Balaban J connectivity index is 1.88. The fourth-order valence-electron chi connectivity index (χ4n) is 2.64. The fraction of sp³-hybridized carbons (Fsp3) is 0.0588. The van der Waals surface area contributed by atoms with E-state index in [0.717, 1.165) is 17.1 Å². The number of imidazole rings is 2. The highest BCUT2D eigenvalue weighted by Crippen LogP contribution is 2.21. The van der Waals surface area contributed by atoms with Crippen LogP contribution in [0.5, 0.6) is 0 Å². The summed E-state index contributed by atoms with van der Waals surface area (Å²) in [5, 5.41) is 9.27. The smallest absolute Gasteiger partial charge is 0.354 e. The van der Waals surface area contributed by atoms with E-state index in [2.05, 4.69) is 15.0 Å². The van der Waals surface area contributed by atoms with Crippen molar-refractivity contribution in [3.8, 4) is 17.2 Å². The van der Waals surface area contributed by atoms with Crippen LogP contribution in [0.4, 0.5) is 0 Å². The number of fused-ring (bicyclic) bond motifs is 1. The van der Waals surface area contributed by atoms with E-state index in [0.29, 0.717) is 11.5 Å². The van der Waals surface area contributed by atoms with Gasteiger partial charge in [0.15, 0.2) is 11.5 Å². The number of aryl methyl sites for hydroxylation is 1. The number of pyridine rings is 2. The second-order valence-corrected chi connectivity index (χ2v) is 5.35. The lowest BCUT2D eigenvalue weighted by Gasteiger charge is -2.09. The highest BCUT2D eigenvalue weighted by molar-refractivity contribution is 5.86. The van der Waals surface area contributed by atoms with Gasteiger partial charge >= 0.3 is 5.97 Å². The third-order valence-electron chi connectivity index (χ3n) is 3.75. The minimum absolute atomic E-state index is 0.113. The first-order chi connectivity index (χ1) is 11.6. The van der Waals surface area contributed by atoms with E-state index in [-0.39, 0.29) is 5.69 Å². The maximum Gasteiger partial charge on any atom is 0.354 e. The van der Waals surface area contributed by atoms with Crippen molar-refractivity contribution in [1.29, 1.82) is 0 Å². The molecule has 0 radical (unpaired) electrons. The molecule has 4 heterocycles. The van der Waals surface area contributed by atoms with Gasteiger partial charge in [0, 0.05) is 24.3 Å². The number of aromatic nitrogens is 5. The van der Waals surface area contributed by atoms with Crippen molar-refractivity contribution in [2.24, 2.45) is 0 Å². The third kappa shape index (κ3) is 2.23. The zero-order valence-corrected chi connectivity index (χ0v) is 12.8. The van der Waals surface area contributed by atoms with Crippen molar-refractivity contribution in [1.82, 2.24) is 23.9 Å². The first-order valence-electron chi connectivity index (χ1n) is 7.31. The minimum atomic E-state index is -1.02. The fourth-order valence-corrected chi connectivity index (χ4v) is 2.64. The average Bonchev–Trinajstić information content (AvgIpc) is 3.21. The predicted octanol–water partition coefficient (Wildman–Crippen LogP) is 2.59. The van der Waals surface area contributed by atoms with Crippen LogP contribution in [-0.2, 0) is 0 Å². The lowest BCUT2D eigenvalue weighted by Crippen LogP contribution is -2.04. The summed E-state index contributed by atoms with van der Waals surface area (Å²) in [5.41, 5.74) is 3.12. The van der Waals surface area contributed by atoms with Crippen molar-refractivity contribution in [3.05, 3.63) is 66.5 Å². The van der Waals surface area contributed by atoms with Crippen LogP contribution in [0.15, 0.2) is 55.1 Å². The zero-order valence-electron chi connectivity index (χ0n) is 12.8. The van der Waals surface area contributed by atoms with Gasteiger partial charge in [-0.25, -0.2) is 19.7 Å². The SMILES string of the molecule is Cc1cccc(-c2nccn2-c2ccc3ncc(C(=O)O)n3c2)n1. The number of carboxylic acids is 1. The summed E-state index contributed by atoms with van der Waals surface area (Å²) in [6, 6.07) is 9.39. The molecule has 7 heteroatoms. The van der Waals surface area contributed by atoms with Crippen LogP contribution in [-0.4, -0.2) is 35.0 Å². The molecule has 0 spiro atoms. The Bertz CT molecular complexity index is 1060. The summed E-state index contributed by atoms with van der Waals surface area (Å²) < 4.78 is 3.41. The van der Waals surface area contributed by atoms with Gasteiger partial charge in [0.1, 0.15) is 11.3 Å². The first kappa shape index (κ1) is 14.1. The third-order valence-corrected chi connectivity index (χ3v) is 3.75. The molecule has 0 aromatic carbocycles.